The number of methoxy groups -OCH3 is 3. The maximum atomic E-state index is 13.4. The lowest BCUT2D eigenvalue weighted by molar-refractivity contribution is -0.119. The molecule has 33 heavy (non-hydrogen) atoms. The van der Waals surface area contributed by atoms with Crippen LogP contribution in [0.25, 0.3) is 0 Å². The first kappa shape index (κ1) is 23.9. The highest BCUT2D eigenvalue weighted by Gasteiger charge is 2.29. The van der Waals surface area contributed by atoms with E-state index in [0.29, 0.717) is 17.2 Å². The van der Waals surface area contributed by atoms with E-state index in [4.69, 9.17) is 14.2 Å². The van der Waals surface area contributed by atoms with Crippen molar-refractivity contribution in [1.29, 1.82) is 0 Å². The fraction of sp³-hybridized carbons (Fsp3) is 0.208. The molecule has 0 aliphatic carbocycles. The number of ether oxygens (including phenoxy) is 3. The maximum absolute atomic E-state index is 13.4. The van der Waals surface area contributed by atoms with Crippen LogP contribution in [0.3, 0.4) is 0 Å². The van der Waals surface area contributed by atoms with Crippen LogP contribution >= 0.6 is 0 Å². The second-order valence-electron chi connectivity index (χ2n) is 6.96. The molecule has 0 spiro atoms. The molecule has 9 heteroatoms. The van der Waals surface area contributed by atoms with Crippen LogP contribution in [-0.4, -0.2) is 42.2 Å². The average molecular weight is 471 g/mol. The van der Waals surface area contributed by atoms with Gasteiger partial charge in [0.15, 0.2) is 11.5 Å². The molecule has 0 radical (unpaired) electrons. The molecule has 0 saturated carbocycles. The number of carbonyl (C=O) groups excluding carboxylic acids is 1. The van der Waals surface area contributed by atoms with E-state index >= 15 is 0 Å². The van der Waals surface area contributed by atoms with Crippen molar-refractivity contribution in [3.05, 3.63) is 78.4 Å². The second kappa shape index (κ2) is 10.7. The number of anilines is 1. The summed E-state index contributed by atoms with van der Waals surface area (Å²) in [7, 11) is 0.487. The number of rotatable bonds is 10. The van der Waals surface area contributed by atoms with Crippen LogP contribution in [0.15, 0.2) is 77.7 Å². The number of hydrogen-bond donors (Lipinski definition) is 1. The Kier molecular flexibility index (Phi) is 7.78. The summed E-state index contributed by atoms with van der Waals surface area (Å²) in [6, 6.07) is 19.9. The lowest BCUT2D eigenvalue weighted by atomic mass is 10.2. The number of carbonyl (C=O) groups is 1. The highest BCUT2D eigenvalue weighted by Crippen LogP contribution is 2.32. The smallest absolute Gasteiger partial charge is 0.264 e. The number of nitrogens with one attached hydrogen (secondary N) is 1. The normalized spacial score (nSPS) is 10.9. The Morgan fingerprint density at radius 3 is 2.12 bits per heavy atom. The van der Waals surface area contributed by atoms with Crippen molar-refractivity contribution in [3.8, 4) is 17.2 Å². The Bertz CT molecular complexity index is 1200. The molecule has 3 aromatic carbocycles. The number of benzene rings is 3. The van der Waals surface area contributed by atoms with Crippen LogP contribution in [0.5, 0.6) is 17.2 Å². The molecule has 0 bridgehead atoms. The van der Waals surface area contributed by atoms with Crippen molar-refractivity contribution < 1.29 is 27.4 Å². The minimum Gasteiger partial charge on any atom is -0.495 e. The van der Waals surface area contributed by atoms with Crippen molar-refractivity contribution >= 4 is 21.6 Å². The fourth-order valence-electron chi connectivity index (χ4n) is 3.23. The van der Waals surface area contributed by atoms with Crippen molar-refractivity contribution in [2.75, 3.05) is 32.2 Å². The molecule has 1 N–H and O–H groups in total. The van der Waals surface area contributed by atoms with Gasteiger partial charge in [-0.1, -0.05) is 36.4 Å². The number of sulfonamides is 1. The largest absolute Gasteiger partial charge is 0.495 e. The number of nitrogens with zero attached hydrogens (tertiary/aromatic N) is 1. The zero-order chi connectivity index (χ0) is 23.8. The van der Waals surface area contributed by atoms with Crippen molar-refractivity contribution in [1.82, 2.24) is 5.32 Å². The summed E-state index contributed by atoms with van der Waals surface area (Å²) in [5, 5.41) is 2.77. The average Bonchev–Trinajstić information content (AvgIpc) is 2.86. The molecular weight excluding hydrogens is 444 g/mol. The van der Waals surface area contributed by atoms with Gasteiger partial charge in [0.2, 0.25) is 5.91 Å². The van der Waals surface area contributed by atoms with Crippen molar-refractivity contribution in [2.24, 2.45) is 0 Å². The molecular formula is C24H26N2O6S. The van der Waals surface area contributed by atoms with Gasteiger partial charge in [-0.25, -0.2) is 8.42 Å². The van der Waals surface area contributed by atoms with Gasteiger partial charge in [0.25, 0.3) is 10.0 Å². The molecule has 0 heterocycles. The van der Waals surface area contributed by atoms with E-state index in [1.54, 1.807) is 67.8 Å². The SMILES string of the molecule is COc1ccc(CNC(=O)CN(c2ccccc2OC)S(=O)(=O)c2ccccc2)cc1OC. The second-order valence-corrected chi connectivity index (χ2v) is 8.82. The molecule has 0 aliphatic rings. The van der Waals surface area contributed by atoms with E-state index in [-0.39, 0.29) is 17.1 Å². The van der Waals surface area contributed by atoms with Crippen LogP contribution in [0, 0.1) is 0 Å². The number of amides is 1. The molecule has 3 aromatic rings. The lowest BCUT2D eigenvalue weighted by Crippen LogP contribution is -2.40. The van der Waals surface area contributed by atoms with Gasteiger partial charge in [-0.15, -0.1) is 0 Å². The molecule has 0 fully saturated rings. The van der Waals surface area contributed by atoms with Crippen molar-refractivity contribution in [3.63, 3.8) is 0 Å². The van der Waals surface area contributed by atoms with E-state index in [1.807, 2.05) is 0 Å². The van der Waals surface area contributed by atoms with E-state index in [1.165, 1.54) is 26.4 Å². The minimum atomic E-state index is -4.03. The summed E-state index contributed by atoms with van der Waals surface area (Å²) in [5.74, 6) is 0.968. The predicted molar refractivity (Wildman–Crippen MR) is 125 cm³/mol. The van der Waals surface area contributed by atoms with E-state index in [0.717, 1.165) is 9.87 Å². The van der Waals surface area contributed by atoms with Gasteiger partial charge in [-0.2, -0.15) is 0 Å². The lowest BCUT2D eigenvalue weighted by Gasteiger charge is -2.25. The summed E-state index contributed by atoms with van der Waals surface area (Å²) in [4.78, 5) is 12.9. The Balaban J connectivity index is 1.85. The molecule has 0 saturated heterocycles. The Hall–Kier alpha value is -3.72. The van der Waals surface area contributed by atoms with E-state index in [2.05, 4.69) is 5.32 Å². The number of hydrogen-bond acceptors (Lipinski definition) is 6. The molecule has 0 aromatic heterocycles. The molecule has 0 aliphatic heterocycles. The topological polar surface area (TPSA) is 94.2 Å². The first-order valence-corrected chi connectivity index (χ1v) is 11.5. The van der Waals surface area contributed by atoms with Gasteiger partial charge < -0.3 is 19.5 Å². The minimum absolute atomic E-state index is 0.0728. The van der Waals surface area contributed by atoms with E-state index < -0.39 is 22.5 Å². The third-order valence-electron chi connectivity index (χ3n) is 4.91. The van der Waals surface area contributed by atoms with Crippen LogP contribution in [0.1, 0.15) is 5.56 Å². The third kappa shape index (κ3) is 5.56. The molecule has 3 rings (SSSR count). The van der Waals surface area contributed by atoms with Gasteiger partial charge in [0.1, 0.15) is 12.3 Å². The third-order valence-corrected chi connectivity index (χ3v) is 6.68. The van der Waals surface area contributed by atoms with Gasteiger partial charge in [-0.3, -0.25) is 9.10 Å². The fourth-order valence-corrected chi connectivity index (χ4v) is 4.69. The summed E-state index contributed by atoms with van der Waals surface area (Å²) < 4.78 is 43.8. The zero-order valence-corrected chi connectivity index (χ0v) is 19.5. The van der Waals surface area contributed by atoms with E-state index in [9.17, 15) is 13.2 Å². The van der Waals surface area contributed by atoms with Crippen LogP contribution in [-0.2, 0) is 21.4 Å². The van der Waals surface area contributed by atoms with Crippen LogP contribution < -0.4 is 23.8 Å². The highest BCUT2D eigenvalue weighted by molar-refractivity contribution is 7.92. The van der Waals surface area contributed by atoms with Crippen LogP contribution in [0.4, 0.5) is 5.69 Å². The van der Waals surface area contributed by atoms with Gasteiger partial charge in [0.05, 0.1) is 31.9 Å². The first-order valence-electron chi connectivity index (χ1n) is 10.1. The Labute approximate surface area is 193 Å². The summed E-state index contributed by atoms with van der Waals surface area (Å²) in [5.41, 5.74) is 1.04. The Morgan fingerprint density at radius 2 is 1.45 bits per heavy atom. The quantitative estimate of drug-likeness (QED) is 0.489. The zero-order valence-electron chi connectivity index (χ0n) is 18.6. The molecule has 0 unspecified atom stereocenters. The molecule has 1 amide bonds. The molecule has 0 atom stereocenters. The summed E-state index contributed by atoms with van der Waals surface area (Å²) in [6.45, 7) is -0.241. The maximum Gasteiger partial charge on any atom is 0.264 e. The summed E-state index contributed by atoms with van der Waals surface area (Å²) >= 11 is 0. The summed E-state index contributed by atoms with van der Waals surface area (Å²) in [6.07, 6.45) is 0. The van der Waals surface area contributed by atoms with Crippen LogP contribution in [0.2, 0.25) is 0 Å². The standard InChI is InChI=1S/C24H26N2O6S/c1-30-21-12-8-7-11-20(21)26(33(28,29)19-9-5-4-6-10-19)17-24(27)25-16-18-13-14-22(31-2)23(15-18)32-3/h4-15H,16-17H2,1-3H3,(H,25,27). The van der Waals surface area contributed by atoms with Crippen molar-refractivity contribution in [2.45, 2.75) is 11.4 Å². The Morgan fingerprint density at radius 1 is 0.818 bits per heavy atom. The highest BCUT2D eigenvalue weighted by atomic mass is 32.2. The molecule has 174 valence electrons. The molecule has 8 nitrogen and oxygen atoms in total. The first-order chi connectivity index (χ1) is 15.9. The predicted octanol–water partition coefficient (Wildman–Crippen LogP) is 3.22. The number of para-hydroxylation sites is 2. The monoisotopic (exact) mass is 470 g/mol. The van der Waals surface area contributed by atoms with Gasteiger partial charge >= 0.3 is 0 Å². The van der Waals surface area contributed by atoms with Gasteiger partial charge in [0, 0.05) is 6.54 Å². The van der Waals surface area contributed by atoms with Gasteiger partial charge in [-0.05, 0) is 42.0 Å².